The maximum atomic E-state index is 12.8. The number of carbonyl (C=O) groups is 2. The fraction of sp³-hybridized carbons (Fsp3) is 0.490. The third-order valence-corrected chi connectivity index (χ3v) is 19.5. The van der Waals surface area contributed by atoms with Crippen LogP contribution in [0.4, 0.5) is 11.4 Å². The van der Waals surface area contributed by atoms with E-state index in [0.29, 0.717) is 68.3 Å². The van der Waals surface area contributed by atoms with E-state index in [0.717, 1.165) is 34.5 Å². The van der Waals surface area contributed by atoms with E-state index >= 15 is 0 Å². The van der Waals surface area contributed by atoms with Gasteiger partial charge in [-0.2, -0.15) is 30.0 Å². The van der Waals surface area contributed by atoms with E-state index in [4.69, 9.17) is 14.5 Å². The van der Waals surface area contributed by atoms with Crippen LogP contribution in [0, 0.1) is 0 Å². The minimum atomic E-state index is -5.86. The molecule has 6 atom stereocenters. The number of likely N-dealkylation sites (N-methyl/N-ethyl adjacent to an activating group) is 1. The molecule has 0 saturated carbocycles. The summed E-state index contributed by atoms with van der Waals surface area (Å²) in [5, 5.41) is 26.6. The van der Waals surface area contributed by atoms with Gasteiger partial charge in [-0.15, -0.1) is 0 Å². The molecule has 29 nitrogen and oxygen atoms in total. The number of ether oxygens (including phenoxy) is 1. The second-order valence-corrected chi connectivity index (χ2v) is 27.9. The SMILES string of the molecule is CCN1C(=CC=CC2=[N+](CCCCCC(=O)NCCCCCC(=O)NCC=Cc3cn([C@@H]4O[C@H](COP(=O)(O)OP(=O)(O)OP(=O)(O)O)[C@@H](O)[C@H]4O)c(=O)[nH]c3=O)c3ccc(S(=O)(=O)O)cc3C2(C)C)C(C)(C)c2cc(S(=O)(=O)O)ccc21. The van der Waals surface area contributed by atoms with Crippen molar-refractivity contribution in [2.75, 3.05) is 37.7 Å². The summed E-state index contributed by atoms with van der Waals surface area (Å²) in [7, 11) is -26.1. The average molecular weight is 1270 g/mol. The zero-order chi connectivity index (χ0) is 61.7. The lowest BCUT2D eigenvalue weighted by Crippen LogP contribution is -2.38. The van der Waals surface area contributed by atoms with Gasteiger partial charge in [-0.05, 0) is 88.4 Å². The summed E-state index contributed by atoms with van der Waals surface area (Å²) in [5.74, 6) is -0.451. The number of benzene rings is 2. The van der Waals surface area contributed by atoms with E-state index in [1.165, 1.54) is 36.4 Å². The fourth-order valence-electron chi connectivity index (χ4n) is 9.90. The largest absolute Gasteiger partial charge is 0.490 e. The molecule has 1 aromatic heterocycles. The molecule has 2 amide bonds. The number of hydrogen-bond acceptors (Lipinski definition) is 18. The standard InChI is InChI=1S/C49H67N6O23P3S2/c1-6-53-36-22-20-32(82(69,70)71)27-34(36)48(2,3)39(53)16-13-17-40-49(4,5)35-28-33(83(72,73)74)21-23-37(35)54(40)26-12-8-10-19-41(56)50-24-11-7-9-18-42(57)51-25-14-15-31-29-55(47(61)52-45(31)60)46-44(59)43(58)38(76-46)30-75-80(65,66)78-81(67,68)77-79(62,63)64/h13-17,20-23,27-29,38,43-44,46,58-59H,6-12,18-19,24-26,30H2,1-5H3,(H8-,50,51,52,56,57,60,61,62,63,64,65,66,67,68,69,70,71,72,73,74)/p+1/t38-,43-,44-,46-/m1/s1. The molecular weight excluding hydrogens is 1200 g/mol. The quantitative estimate of drug-likeness (QED) is 0.0214. The van der Waals surface area contributed by atoms with Crippen LogP contribution in [-0.2, 0) is 72.2 Å². The Balaban J connectivity index is 0.934. The fourth-order valence-corrected chi connectivity index (χ4v) is 13.9. The smallest absolute Gasteiger partial charge is 0.387 e. The molecule has 11 N–H and O–H groups in total. The number of rotatable bonds is 28. The first-order chi connectivity index (χ1) is 38.5. The lowest BCUT2D eigenvalue weighted by molar-refractivity contribution is -0.438. The number of unbranched alkanes of at least 4 members (excludes halogenated alkanes) is 4. The van der Waals surface area contributed by atoms with Gasteiger partial charge in [0.25, 0.3) is 25.8 Å². The van der Waals surface area contributed by atoms with Gasteiger partial charge < -0.3 is 50.1 Å². The van der Waals surface area contributed by atoms with Crippen LogP contribution in [0.5, 0.6) is 0 Å². The van der Waals surface area contributed by atoms with E-state index in [2.05, 4.69) is 33.3 Å². The number of phosphoric acid groups is 3. The summed E-state index contributed by atoms with van der Waals surface area (Å²) < 4.78 is 123. The van der Waals surface area contributed by atoms with Crippen LogP contribution in [0.2, 0.25) is 0 Å². The Morgan fingerprint density at radius 1 is 0.795 bits per heavy atom. The van der Waals surface area contributed by atoms with Crippen molar-refractivity contribution < 1.29 is 101 Å². The molecule has 3 aliphatic rings. The molecule has 0 aliphatic carbocycles. The van der Waals surface area contributed by atoms with Crippen molar-refractivity contribution >= 4 is 78.7 Å². The summed E-state index contributed by atoms with van der Waals surface area (Å²) in [4.78, 5) is 90.5. The number of allylic oxidation sites excluding steroid dienone is 4. The third-order valence-electron chi connectivity index (χ3n) is 14.0. The number of nitrogens with one attached hydrogen (secondary N) is 3. The summed E-state index contributed by atoms with van der Waals surface area (Å²) in [6.45, 7) is 10.1. The number of aromatic nitrogens is 2. The van der Waals surface area contributed by atoms with Crippen molar-refractivity contribution in [1.29, 1.82) is 0 Å². The molecule has 34 heteroatoms. The van der Waals surface area contributed by atoms with Gasteiger partial charge in [0.15, 0.2) is 11.9 Å². The van der Waals surface area contributed by atoms with Crippen LogP contribution in [0.25, 0.3) is 6.08 Å². The number of hydrogen-bond donors (Lipinski definition) is 11. The third kappa shape index (κ3) is 17.1. The van der Waals surface area contributed by atoms with Crippen LogP contribution in [0.15, 0.2) is 92.0 Å². The van der Waals surface area contributed by atoms with E-state index in [9.17, 15) is 78.8 Å². The number of aliphatic hydroxyl groups excluding tert-OH is 2. The Morgan fingerprint density at radius 2 is 1.41 bits per heavy atom. The lowest BCUT2D eigenvalue weighted by atomic mass is 9.81. The maximum Gasteiger partial charge on any atom is 0.490 e. The van der Waals surface area contributed by atoms with Gasteiger partial charge in [0, 0.05) is 79.6 Å². The number of aromatic amines is 1. The number of phosphoric ester groups is 1. The van der Waals surface area contributed by atoms with Gasteiger partial charge in [-0.1, -0.05) is 38.5 Å². The number of H-pyrrole nitrogens is 1. The summed E-state index contributed by atoms with van der Waals surface area (Å²) >= 11 is 0. The zero-order valence-electron chi connectivity index (χ0n) is 45.6. The number of nitrogens with zero attached hydrogens (tertiary/aromatic N) is 3. The maximum absolute atomic E-state index is 12.8. The molecule has 1 saturated heterocycles. The number of carbonyl (C=O) groups excluding carboxylic acids is 2. The first kappa shape index (κ1) is 67.0. The number of aliphatic hydroxyl groups is 2. The van der Waals surface area contributed by atoms with Gasteiger partial charge >= 0.3 is 29.2 Å². The van der Waals surface area contributed by atoms with Gasteiger partial charge in [0.1, 0.15) is 24.9 Å². The highest BCUT2D eigenvalue weighted by molar-refractivity contribution is 7.86. The van der Waals surface area contributed by atoms with E-state index in [1.807, 2.05) is 57.8 Å². The van der Waals surface area contributed by atoms with E-state index in [-0.39, 0.29) is 46.6 Å². The molecule has 3 aliphatic heterocycles. The van der Waals surface area contributed by atoms with Crippen LogP contribution in [0.1, 0.15) is 109 Å². The number of amides is 2. The molecule has 83 heavy (non-hydrogen) atoms. The lowest BCUT2D eigenvalue weighted by Gasteiger charge is -2.25. The van der Waals surface area contributed by atoms with Crippen LogP contribution in [-0.4, -0.2) is 138 Å². The Hall–Kier alpha value is -5.14. The van der Waals surface area contributed by atoms with Crippen molar-refractivity contribution in [2.45, 2.75) is 131 Å². The Morgan fingerprint density at radius 3 is 2.04 bits per heavy atom. The minimum absolute atomic E-state index is 0.0475. The summed E-state index contributed by atoms with van der Waals surface area (Å²) in [5.41, 5.74) is 1.27. The predicted octanol–water partition coefficient (Wildman–Crippen LogP) is 3.69. The molecule has 458 valence electrons. The van der Waals surface area contributed by atoms with Crippen molar-refractivity contribution in [2.24, 2.45) is 0 Å². The highest BCUT2D eigenvalue weighted by Gasteiger charge is 2.48. The first-order valence-corrected chi connectivity index (χ1v) is 33.3. The molecule has 0 bridgehead atoms. The summed E-state index contributed by atoms with van der Waals surface area (Å²) in [6.07, 6.45) is 6.19. The average Bonchev–Trinajstić information content (AvgIpc) is 1.95. The molecule has 1 fully saturated rings. The highest BCUT2D eigenvalue weighted by Crippen LogP contribution is 2.66. The van der Waals surface area contributed by atoms with Gasteiger partial charge in [-0.25, -0.2) is 18.5 Å². The van der Waals surface area contributed by atoms with Crippen molar-refractivity contribution in [3.8, 4) is 0 Å². The predicted molar refractivity (Wildman–Crippen MR) is 298 cm³/mol. The molecule has 2 unspecified atom stereocenters. The Bertz CT molecular complexity index is 3590. The molecule has 0 radical (unpaired) electrons. The van der Waals surface area contributed by atoms with Crippen LogP contribution in [0.3, 0.4) is 0 Å². The molecule has 6 rings (SSSR count). The second-order valence-electron chi connectivity index (χ2n) is 20.6. The van der Waals surface area contributed by atoms with Crippen LogP contribution < -0.4 is 26.8 Å². The monoisotopic (exact) mass is 1270 g/mol. The van der Waals surface area contributed by atoms with Crippen molar-refractivity contribution in [3.63, 3.8) is 0 Å². The van der Waals surface area contributed by atoms with E-state index in [1.54, 1.807) is 12.1 Å². The van der Waals surface area contributed by atoms with Gasteiger partial charge in [-0.3, -0.25) is 37.6 Å². The van der Waals surface area contributed by atoms with E-state index < -0.39 is 96.9 Å². The van der Waals surface area contributed by atoms with Crippen molar-refractivity contribution in [1.82, 2.24) is 20.2 Å². The first-order valence-electron chi connectivity index (χ1n) is 25.9. The Labute approximate surface area is 477 Å². The zero-order valence-corrected chi connectivity index (χ0v) is 49.9. The summed E-state index contributed by atoms with van der Waals surface area (Å²) in [6, 6.07) is 9.05. The molecule has 4 heterocycles. The topological polar surface area (TPSA) is 438 Å². The highest BCUT2D eigenvalue weighted by atomic mass is 32.2. The molecule has 0 spiro atoms. The van der Waals surface area contributed by atoms with Crippen LogP contribution >= 0.6 is 23.5 Å². The number of anilines is 1. The van der Waals surface area contributed by atoms with Gasteiger partial charge in [0.2, 0.25) is 17.5 Å². The van der Waals surface area contributed by atoms with Crippen molar-refractivity contribution in [3.05, 3.63) is 110 Å². The second kappa shape index (κ2) is 26.6. The molecular formula is C49H68N6O23P3S2+. The Kier molecular flexibility index (Phi) is 21.5. The minimum Gasteiger partial charge on any atom is -0.387 e. The normalized spacial score (nSPS) is 21.6. The molecule has 2 aromatic carbocycles. The van der Waals surface area contributed by atoms with Gasteiger partial charge in [0.05, 0.1) is 27.4 Å². The number of fused-ring (bicyclic) bond motifs is 2. The molecule has 3 aromatic rings.